The van der Waals surface area contributed by atoms with Crippen LogP contribution >= 0.6 is 0 Å². The molecule has 0 aliphatic heterocycles. The summed E-state index contributed by atoms with van der Waals surface area (Å²) in [5, 5.41) is 11.7. The van der Waals surface area contributed by atoms with Crippen LogP contribution < -0.4 is 9.46 Å². The van der Waals surface area contributed by atoms with Gasteiger partial charge in [-0.05, 0) is 85.0 Å². The number of phenols is 1. The fraction of sp³-hybridized carbons (Fsp3) is 0.0667. The van der Waals surface area contributed by atoms with Gasteiger partial charge in [-0.2, -0.15) is 0 Å². The Labute approximate surface area is 210 Å². The number of phenolic OH excluding ortho intramolecular Hbond substituents is 1. The van der Waals surface area contributed by atoms with Crippen molar-refractivity contribution in [3.63, 3.8) is 0 Å². The van der Waals surface area contributed by atoms with Crippen molar-refractivity contribution in [2.75, 3.05) is 4.72 Å². The van der Waals surface area contributed by atoms with E-state index in [1.807, 2.05) is 56.3 Å². The minimum absolute atomic E-state index is 0.186. The van der Waals surface area contributed by atoms with E-state index in [0.717, 1.165) is 33.0 Å². The minimum atomic E-state index is -3.70. The monoisotopic (exact) mass is 495 g/mol. The van der Waals surface area contributed by atoms with Gasteiger partial charge in [0.1, 0.15) is 17.2 Å². The van der Waals surface area contributed by atoms with Gasteiger partial charge >= 0.3 is 0 Å². The number of fused-ring (bicyclic) bond motifs is 1. The van der Waals surface area contributed by atoms with Crippen LogP contribution in [0.5, 0.6) is 17.2 Å². The largest absolute Gasteiger partial charge is 0.508 e. The van der Waals surface area contributed by atoms with Gasteiger partial charge in [-0.15, -0.1) is 0 Å². The number of benzene rings is 5. The average molecular weight is 496 g/mol. The zero-order valence-electron chi connectivity index (χ0n) is 19.9. The summed E-state index contributed by atoms with van der Waals surface area (Å²) in [7, 11) is -3.70. The second-order valence-corrected chi connectivity index (χ2v) is 10.4. The van der Waals surface area contributed by atoms with Gasteiger partial charge in [0, 0.05) is 16.6 Å². The van der Waals surface area contributed by atoms with E-state index < -0.39 is 10.0 Å². The van der Waals surface area contributed by atoms with Gasteiger partial charge in [0.25, 0.3) is 10.0 Å². The van der Waals surface area contributed by atoms with Crippen LogP contribution in [0.15, 0.2) is 108 Å². The Balaban J connectivity index is 1.50. The zero-order valence-corrected chi connectivity index (χ0v) is 20.7. The van der Waals surface area contributed by atoms with E-state index in [0.29, 0.717) is 17.2 Å². The molecule has 0 atom stereocenters. The third-order valence-corrected chi connectivity index (χ3v) is 7.39. The minimum Gasteiger partial charge on any atom is -0.508 e. The lowest BCUT2D eigenvalue weighted by Crippen LogP contribution is -2.12. The van der Waals surface area contributed by atoms with Crippen LogP contribution in [0.4, 0.5) is 5.69 Å². The maximum atomic E-state index is 12.7. The molecule has 0 unspecified atom stereocenters. The Morgan fingerprint density at radius 2 is 1.47 bits per heavy atom. The molecular weight excluding hydrogens is 470 g/mol. The van der Waals surface area contributed by atoms with Crippen LogP contribution in [0.3, 0.4) is 0 Å². The van der Waals surface area contributed by atoms with E-state index in [9.17, 15) is 13.5 Å². The van der Waals surface area contributed by atoms with Gasteiger partial charge < -0.3 is 9.84 Å². The number of anilines is 1. The van der Waals surface area contributed by atoms with E-state index >= 15 is 0 Å². The zero-order chi connectivity index (χ0) is 25.3. The molecular formula is C30H25NO4S. The smallest absolute Gasteiger partial charge is 0.261 e. The summed E-state index contributed by atoms with van der Waals surface area (Å²) in [5.41, 5.74) is 4.41. The first kappa shape index (κ1) is 23.5. The number of aryl methyl sites for hydroxylation is 2. The molecule has 0 aliphatic carbocycles. The van der Waals surface area contributed by atoms with Gasteiger partial charge in [0.05, 0.1) is 4.90 Å². The van der Waals surface area contributed by atoms with Crippen molar-refractivity contribution in [3.8, 4) is 28.4 Å². The molecule has 5 rings (SSSR count). The molecule has 0 bridgehead atoms. The summed E-state index contributed by atoms with van der Waals surface area (Å²) >= 11 is 0. The van der Waals surface area contributed by atoms with Gasteiger partial charge in [0.2, 0.25) is 0 Å². The highest BCUT2D eigenvalue weighted by molar-refractivity contribution is 7.92. The summed E-state index contributed by atoms with van der Waals surface area (Å²) in [6, 6.07) is 30.7. The van der Waals surface area contributed by atoms with Gasteiger partial charge in [-0.1, -0.05) is 54.1 Å². The maximum absolute atomic E-state index is 12.7. The molecule has 5 aromatic carbocycles. The molecule has 0 saturated carbocycles. The number of aromatic hydroxyl groups is 1. The first-order chi connectivity index (χ1) is 17.3. The van der Waals surface area contributed by atoms with Gasteiger partial charge in [-0.3, -0.25) is 4.72 Å². The number of ether oxygens (including phenoxy) is 1. The summed E-state index contributed by atoms with van der Waals surface area (Å²) in [6.07, 6.45) is 0. The first-order valence-electron chi connectivity index (χ1n) is 11.5. The van der Waals surface area contributed by atoms with Crippen LogP contribution in [-0.2, 0) is 10.0 Å². The Hall–Kier alpha value is -4.29. The van der Waals surface area contributed by atoms with E-state index in [1.54, 1.807) is 60.7 Å². The molecule has 0 amide bonds. The Morgan fingerprint density at radius 1 is 0.778 bits per heavy atom. The van der Waals surface area contributed by atoms with Crippen molar-refractivity contribution < 1.29 is 18.3 Å². The van der Waals surface area contributed by atoms with Crippen molar-refractivity contribution >= 4 is 26.5 Å². The molecule has 0 aliphatic rings. The van der Waals surface area contributed by atoms with Crippen molar-refractivity contribution in [1.29, 1.82) is 0 Å². The summed E-state index contributed by atoms with van der Waals surface area (Å²) < 4.78 is 34.5. The van der Waals surface area contributed by atoms with E-state index in [1.165, 1.54) is 0 Å². The SMILES string of the molecule is Cc1ccc(S(=O)(=O)Nc2ccc(Oc3c(-c4ccccc4)c(C)cc4cc(O)ccc34)cc2)cc1. The predicted octanol–water partition coefficient (Wildman–Crippen LogP) is 7.42. The molecule has 0 spiro atoms. The quantitative estimate of drug-likeness (QED) is 0.257. The molecule has 36 heavy (non-hydrogen) atoms. The highest BCUT2D eigenvalue weighted by Crippen LogP contribution is 2.43. The van der Waals surface area contributed by atoms with E-state index in [-0.39, 0.29) is 10.6 Å². The lowest BCUT2D eigenvalue weighted by Gasteiger charge is -2.18. The average Bonchev–Trinajstić information content (AvgIpc) is 2.85. The molecule has 5 nitrogen and oxygen atoms in total. The third kappa shape index (κ3) is 4.76. The highest BCUT2D eigenvalue weighted by Gasteiger charge is 2.17. The van der Waals surface area contributed by atoms with E-state index in [4.69, 9.17) is 4.74 Å². The summed E-state index contributed by atoms with van der Waals surface area (Å²) in [4.78, 5) is 0.204. The molecule has 0 fully saturated rings. The topological polar surface area (TPSA) is 75.6 Å². The molecule has 0 radical (unpaired) electrons. The second-order valence-electron chi connectivity index (χ2n) is 8.71. The standard InChI is InChI=1S/C30H25NO4S/c1-20-8-15-27(16-9-20)36(33,34)31-24-10-13-26(14-11-24)35-30-28-17-12-25(32)19-23(28)18-21(2)29(30)22-6-4-3-5-7-22/h3-19,31-32H,1-2H3. The fourth-order valence-corrected chi connectivity index (χ4v) is 5.26. The van der Waals surface area contributed by atoms with Crippen molar-refractivity contribution in [1.82, 2.24) is 0 Å². The summed E-state index contributed by atoms with van der Waals surface area (Å²) in [5.74, 6) is 1.42. The van der Waals surface area contributed by atoms with Crippen LogP contribution in [0, 0.1) is 13.8 Å². The van der Waals surface area contributed by atoms with Crippen molar-refractivity contribution in [3.05, 3.63) is 114 Å². The van der Waals surface area contributed by atoms with Crippen molar-refractivity contribution in [2.24, 2.45) is 0 Å². The van der Waals surface area contributed by atoms with E-state index in [2.05, 4.69) is 4.72 Å². The van der Waals surface area contributed by atoms with Gasteiger partial charge in [0.15, 0.2) is 0 Å². The van der Waals surface area contributed by atoms with Crippen LogP contribution in [0.1, 0.15) is 11.1 Å². The number of sulfonamides is 1. The van der Waals surface area contributed by atoms with Gasteiger partial charge in [-0.25, -0.2) is 8.42 Å². The molecule has 0 aromatic heterocycles. The first-order valence-corrected chi connectivity index (χ1v) is 13.0. The summed E-state index contributed by atoms with van der Waals surface area (Å²) in [6.45, 7) is 3.92. The predicted molar refractivity (Wildman–Crippen MR) is 144 cm³/mol. The normalized spacial score (nSPS) is 11.4. The Morgan fingerprint density at radius 3 is 2.17 bits per heavy atom. The third-order valence-electron chi connectivity index (χ3n) is 5.99. The Bertz CT molecular complexity index is 1640. The molecule has 6 heteroatoms. The molecule has 5 aromatic rings. The number of rotatable bonds is 6. The Kier molecular flexibility index (Phi) is 6.12. The van der Waals surface area contributed by atoms with Crippen LogP contribution in [0.25, 0.3) is 21.9 Å². The van der Waals surface area contributed by atoms with Crippen LogP contribution in [-0.4, -0.2) is 13.5 Å². The van der Waals surface area contributed by atoms with Crippen molar-refractivity contribution in [2.45, 2.75) is 18.7 Å². The highest BCUT2D eigenvalue weighted by atomic mass is 32.2. The lowest BCUT2D eigenvalue weighted by molar-refractivity contribution is 0.475. The fourth-order valence-electron chi connectivity index (χ4n) is 4.21. The lowest BCUT2D eigenvalue weighted by atomic mass is 9.94. The number of hydrogen-bond acceptors (Lipinski definition) is 4. The molecule has 180 valence electrons. The maximum Gasteiger partial charge on any atom is 0.261 e. The second kappa shape index (κ2) is 9.40. The molecule has 0 heterocycles. The number of hydrogen-bond donors (Lipinski definition) is 2. The van der Waals surface area contributed by atoms with Crippen LogP contribution in [0.2, 0.25) is 0 Å². The molecule has 2 N–H and O–H groups in total. The number of nitrogens with one attached hydrogen (secondary N) is 1. The molecule has 0 saturated heterocycles.